The number of anilines is 2. The molecule has 0 bridgehead atoms. The van der Waals surface area contributed by atoms with E-state index >= 15 is 0 Å². The Morgan fingerprint density at radius 3 is 2.19 bits per heavy atom. The minimum atomic E-state index is -0.143. The van der Waals surface area contributed by atoms with Crippen LogP contribution in [0, 0.1) is 0 Å². The fourth-order valence-electron chi connectivity index (χ4n) is 1.76. The highest BCUT2D eigenvalue weighted by Gasteiger charge is 2.11. The van der Waals surface area contributed by atoms with Crippen molar-refractivity contribution in [3.8, 4) is 11.5 Å². The van der Waals surface area contributed by atoms with E-state index in [4.69, 9.17) is 15.2 Å². The van der Waals surface area contributed by atoms with Gasteiger partial charge in [-0.1, -0.05) is 0 Å². The zero-order chi connectivity index (χ0) is 15.2. The predicted octanol–water partition coefficient (Wildman–Crippen LogP) is 2.32. The van der Waals surface area contributed by atoms with Crippen molar-refractivity contribution in [2.45, 2.75) is 0 Å². The molecular formula is C16H18N2O3. The molecule has 5 nitrogen and oxygen atoms in total. The predicted molar refractivity (Wildman–Crippen MR) is 82.8 cm³/mol. The van der Waals surface area contributed by atoms with Crippen molar-refractivity contribution in [1.29, 1.82) is 0 Å². The summed E-state index contributed by atoms with van der Waals surface area (Å²) in [5.74, 6) is 1.22. The summed E-state index contributed by atoms with van der Waals surface area (Å²) in [6.45, 7) is -0.0345. The molecule has 0 aromatic heterocycles. The highest BCUT2D eigenvalue weighted by molar-refractivity contribution is 5.94. The molecule has 0 aliphatic carbocycles. The Morgan fingerprint density at radius 2 is 1.62 bits per heavy atom. The largest absolute Gasteiger partial charge is 0.497 e. The maximum atomic E-state index is 12.1. The summed E-state index contributed by atoms with van der Waals surface area (Å²) >= 11 is 0. The van der Waals surface area contributed by atoms with Gasteiger partial charge < -0.3 is 20.1 Å². The Morgan fingerprint density at radius 1 is 1.05 bits per heavy atom. The van der Waals surface area contributed by atoms with Crippen molar-refractivity contribution in [3.05, 3.63) is 48.5 Å². The summed E-state index contributed by atoms with van der Waals surface area (Å²) in [6.07, 6.45) is 0. The van der Waals surface area contributed by atoms with Crippen LogP contribution >= 0.6 is 0 Å². The Bertz CT molecular complexity index is 594. The van der Waals surface area contributed by atoms with Crippen LogP contribution in [0.5, 0.6) is 11.5 Å². The summed E-state index contributed by atoms with van der Waals surface area (Å²) in [7, 11) is 3.30. The third-order valence-corrected chi connectivity index (χ3v) is 3.08. The molecule has 5 heteroatoms. The fourth-order valence-corrected chi connectivity index (χ4v) is 1.76. The third kappa shape index (κ3) is 3.89. The lowest BCUT2D eigenvalue weighted by molar-refractivity contribution is -0.120. The number of nitrogens with zero attached hydrogens (tertiary/aromatic N) is 1. The van der Waals surface area contributed by atoms with Gasteiger partial charge >= 0.3 is 0 Å². The molecule has 21 heavy (non-hydrogen) atoms. The highest BCUT2D eigenvalue weighted by Crippen LogP contribution is 2.18. The fraction of sp³-hybridized carbons (Fsp3) is 0.188. The van der Waals surface area contributed by atoms with E-state index in [1.54, 1.807) is 62.7 Å². The van der Waals surface area contributed by atoms with Gasteiger partial charge in [0.05, 0.1) is 7.11 Å². The number of hydrogen-bond donors (Lipinski definition) is 1. The number of carbonyl (C=O) groups excluding carboxylic acids is 1. The van der Waals surface area contributed by atoms with Crippen molar-refractivity contribution in [3.63, 3.8) is 0 Å². The summed E-state index contributed by atoms with van der Waals surface area (Å²) in [5, 5.41) is 0. The Labute approximate surface area is 123 Å². The van der Waals surface area contributed by atoms with Crippen molar-refractivity contribution in [1.82, 2.24) is 0 Å². The van der Waals surface area contributed by atoms with Crippen molar-refractivity contribution < 1.29 is 14.3 Å². The van der Waals surface area contributed by atoms with E-state index in [1.807, 2.05) is 0 Å². The molecule has 2 N–H and O–H groups in total. The van der Waals surface area contributed by atoms with Crippen LogP contribution in [0.15, 0.2) is 48.5 Å². The second-order valence-corrected chi connectivity index (χ2v) is 4.51. The van der Waals surface area contributed by atoms with Crippen molar-refractivity contribution in [2.24, 2.45) is 0 Å². The van der Waals surface area contributed by atoms with Gasteiger partial charge in [-0.3, -0.25) is 4.79 Å². The molecule has 0 saturated heterocycles. The minimum Gasteiger partial charge on any atom is -0.497 e. The molecule has 0 fully saturated rings. The lowest BCUT2D eigenvalue weighted by atomic mass is 10.2. The molecule has 110 valence electrons. The lowest BCUT2D eigenvalue weighted by Crippen LogP contribution is -2.31. The average molecular weight is 286 g/mol. The van der Waals surface area contributed by atoms with Gasteiger partial charge in [0, 0.05) is 18.4 Å². The first-order chi connectivity index (χ1) is 10.1. The molecule has 0 aliphatic heterocycles. The quantitative estimate of drug-likeness (QED) is 0.857. The summed E-state index contributed by atoms with van der Waals surface area (Å²) in [4.78, 5) is 13.6. The lowest BCUT2D eigenvalue weighted by Gasteiger charge is -2.17. The van der Waals surface area contributed by atoms with Crippen LogP contribution in [0.4, 0.5) is 11.4 Å². The maximum Gasteiger partial charge on any atom is 0.264 e. The van der Waals surface area contributed by atoms with Gasteiger partial charge in [0.2, 0.25) is 0 Å². The van der Waals surface area contributed by atoms with Crippen LogP contribution in [0.3, 0.4) is 0 Å². The van der Waals surface area contributed by atoms with E-state index in [-0.39, 0.29) is 12.5 Å². The zero-order valence-electron chi connectivity index (χ0n) is 12.1. The van der Waals surface area contributed by atoms with Crippen LogP contribution in [0.1, 0.15) is 0 Å². The molecule has 0 heterocycles. The number of ether oxygens (including phenoxy) is 2. The molecule has 0 atom stereocenters. The number of rotatable bonds is 5. The zero-order valence-corrected chi connectivity index (χ0v) is 12.1. The SMILES string of the molecule is COc1ccc(OCC(=O)N(C)c2ccc(N)cc2)cc1. The highest BCUT2D eigenvalue weighted by atomic mass is 16.5. The molecule has 0 radical (unpaired) electrons. The Balaban J connectivity index is 1.92. The molecule has 2 aromatic rings. The van der Waals surface area contributed by atoms with Crippen molar-refractivity contribution in [2.75, 3.05) is 31.4 Å². The first-order valence-electron chi connectivity index (χ1n) is 6.49. The Hall–Kier alpha value is -2.69. The van der Waals surface area contributed by atoms with Crippen LogP contribution < -0.4 is 20.1 Å². The average Bonchev–Trinajstić information content (AvgIpc) is 2.53. The molecule has 0 spiro atoms. The monoisotopic (exact) mass is 286 g/mol. The first kappa shape index (κ1) is 14.7. The smallest absolute Gasteiger partial charge is 0.264 e. The van der Waals surface area contributed by atoms with E-state index in [0.717, 1.165) is 11.4 Å². The van der Waals surface area contributed by atoms with Gasteiger partial charge in [-0.15, -0.1) is 0 Å². The van der Waals surface area contributed by atoms with E-state index < -0.39 is 0 Å². The number of nitrogen functional groups attached to an aromatic ring is 1. The number of hydrogen-bond acceptors (Lipinski definition) is 4. The number of methoxy groups -OCH3 is 1. The number of likely N-dealkylation sites (N-methyl/N-ethyl adjacent to an activating group) is 1. The van der Waals surface area contributed by atoms with Crippen molar-refractivity contribution >= 4 is 17.3 Å². The maximum absolute atomic E-state index is 12.1. The number of nitrogens with two attached hydrogens (primary N) is 1. The van der Waals surface area contributed by atoms with Gasteiger partial charge in [0.15, 0.2) is 6.61 Å². The normalized spacial score (nSPS) is 10.0. The number of benzene rings is 2. The molecule has 0 saturated carbocycles. The molecule has 2 rings (SSSR count). The topological polar surface area (TPSA) is 64.8 Å². The second kappa shape index (κ2) is 6.65. The summed E-state index contributed by atoms with van der Waals surface area (Å²) < 4.78 is 10.5. The molecule has 1 amide bonds. The Kier molecular flexibility index (Phi) is 4.66. The summed E-state index contributed by atoms with van der Waals surface area (Å²) in [5.41, 5.74) is 7.05. The van der Waals surface area contributed by atoms with Gasteiger partial charge in [0.1, 0.15) is 11.5 Å². The third-order valence-electron chi connectivity index (χ3n) is 3.08. The van der Waals surface area contributed by atoms with Gasteiger partial charge in [-0.05, 0) is 48.5 Å². The molecular weight excluding hydrogens is 268 g/mol. The van der Waals surface area contributed by atoms with E-state index in [1.165, 1.54) is 4.90 Å². The van der Waals surface area contributed by atoms with Crippen LogP contribution in [-0.4, -0.2) is 26.7 Å². The second-order valence-electron chi connectivity index (χ2n) is 4.51. The number of amides is 1. The van der Waals surface area contributed by atoms with Crippen LogP contribution in [0.2, 0.25) is 0 Å². The first-order valence-corrected chi connectivity index (χ1v) is 6.49. The van der Waals surface area contributed by atoms with E-state index in [2.05, 4.69) is 0 Å². The van der Waals surface area contributed by atoms with E-state index in [9.17, 15) is 4.79 Å². The molecule has 0 aliphatic rings. The van der Waals surface area contributed by atoms with Gasteiger partial charge in [0.25, 0.3) is 5.91 Å². The van der Waals surface area contributed by atoms with Crippen LogP contribution in [0.25, 0.3) is 0 Å². The van der Waals surface area contributed by atoms with Gasteiger partial charge in [-0.25, -0.2) is 0 Å². The summed E-state index contributed by atoms with van der Waals surface area (Å²) in [6, 6.07) is 14.2. The van der Waals surface area contributed by atoms with Crippen LogP contribution in [-0.2, 0) is 4.79 Å². The number of carbonyl (C=O) groups is 1. The molecule has 0 unspecified atom stereocenters. The standard InChI is InChI=1S/C16H18N2O3/c1-18(13-5-3-12(17)4-6-13)16(19)11-21-15-9-7-14(20-2)8-10-15/h3-10H,11,17H2,1-2H3. The van der Waals surface area contributed by atoms with E-state index in [0.29, 0.717) is 11.4 Å². The van der Waals surface area contributed by atoms with Gasteiger partial charge in [-0.2, -0.15) is 0 Å². The minimum absolute atomic E-state index is 0.0345. The molecule has 2 aromatic carbocycles.